The molecular weight excluding hydrogens is 346 g/mol. The first-order valence-corrected chi connectivity index (χ1v) is 10.00. The number of thiophene rings is 1. The van der Waals surface area contributed by atoms with E-state index in [9.17, 15) is 9.59 Å². The quantitative estimate of drug-likeness (QED) is 0.851. The lowest BCUT2D eigenvalue weighted by molar-refractivity contribution is -0.117. The van der Waals surface area contributed by atoms with Gasteiger partial charge < -0.3 is 10.6 Å². The van der Waals surface area contributed by atoms with Crippen LogP contribution in [0.2, 0.25) is 0 Å². The SMILES string of the molecule is C[C@H]1c2ccsc2CCN1CC(=O)Nc1ccccc1C(=O)NC1CC1. The predicted octanol–water partition coefficient (Wildman–Crippen LogP) is 3.20. The summed E-state index contributed by atoms with van der Waals surface area (Å²) in [5.74, 6) is -0.195. The van der Waals surface area contributed by atoms with Gasteiger partial charge in [-0.25, -0.2) is 0 Å². The van der Waals surface area contributed by atoms with Crippen molar-refractivity contribution >= 4 is 28.8 Å². The number of carbonyl (C=O) groups is 2. The van der Waals surface area contributed by atoms with Gasteiger partial charge in [0.2, 0.25) is 5.91 Å². The van der Waals surface area contributed by atoms with E-state index >= 15 is 0 Å². The molecule has 1 aromatic heterocycles. The molecule has 2 N–H and O–H groups in total. The number of hydrogen-bond acceptors (Lipinski definition) is 4. The zero-order valence-electron chi connectivity index (χ0n) is 14.8. The van der Waals surface area contributed by atoms with Crippen LogP contribution < -0.4 is 10.6 Å². The molecule has 0 spiro atoms. The van der Waals surface area contributed by atoms with Gasteiger partial charge >= 0.3 is 0 Å². The molecule has 26 heavy (non-hydrogen) atoms. The fraction of sp³-hybridized carbons (Fsp3) is 0.400. The van der Waals surface area contributed by atoms with E-state index in [0.29, 0.717) is 23.8 Å². The maximum atomic E-state index is 12.6. The molecule has 2 aromatic rings. The maximum Gasteiger partial charge on any atom is 0.253 e. The standard InChI is InChI=1S/C20H23N3O2S/c1-13-15-9-11-26-18(15)8-10-23(13)12-19(24)22-17-5-3-2-4-16(17)20(25)21-14-6-7-14/h2-5,9,11,13-14H,6-8,10,12H2,1H3,(H,21,25)(H,22,24)/t13-/m0/s1. The van der Waals surface area contributed by atoms with Gasteiger partial charge in [-0.05, 0) is 55.3 Å². The second-order valence-electron chi connectivity index (χ2n) is 7.04. The van der Waals surface area contributed by atoms with E-state index in [1.54, 1.807) is 23.5 Å². The van der Waals surface area contributed by atoms with Crippen LogP contribution in [0.15, 0.2) is 35.7 Å². The third-order valence-corrected chi connectivity index (χ3v) is 6.11. The van der Waals surface area contributed by atoms with E-state index in [1.807, 2.05) is 12.1 Å². The summed E-state index contributed by atoms with van der Waals surface area (Å²) in [5.41, 5.74) is 2.44. The van der Waals surface area contributed by atoms with E-state index in [-0.39, 0.29) is 17.9 Å². The van der Waals surface area contributed by atoms with Gasteiger partial charge in [0, 0.05) is 23.5 Å². The topological polar surface area (TPSA) is 61.4 Å². The molecule has 0 radical (unpaired) electrons. The van der Waals surface area contributed by atoms with Crippen molar-refractivity contribution in [1.82, 2.24) is 10.2 Å². The van der Waals surface area contributed by atoms with Crippen LogP contribution in [0.1, 0.15) is 46.6 Å². The Hall–Kier alpha value is -2.18. The van der Waals surface area contributed by atoms with E-state index in [2.05, 4.69) is 33.9 Å². The molecule has 6 heteroatoms. The van der Waals surface area contributed by atoms with Crippen molar-refractivity contribution in [2.75, 3.05) is 18.4 Å². The molecule has 1 saturated carbocycles. The monoisotopic (exact) mass is 369 g/mol. The molecule has 2 aliphatic rings. The highest BCUT2D eigenvalue weighted by molar-refractivity contribution is 7.10. The minimum atomic E-state index is -0.113. The highest BCUT2D eigenvalue weighted by atomic mass is 32.1. The summed E-state index contributed by atoms with van der Waals surface area (Å²) in [6.07, 6.45) is 3.07. The molecule has 1 aliphatic heterocycles. The Bertz CT molecular complexity index is 828. The van der Waals surface area contributed by atoms with Crippen LogP contribution in [0.5, 0.6) is 0 Å². The lowest BCUT2D eigenvalue weighted by atomic mass is 10.0. The summed E-state index contributed by atoms with van der Waals surface area (Å²) in [6.45, 7) is 3.36. The van der Waals surface area contributed by atoms with E-state index in [4.69, 9.17) is 0 Å². The summed E-state index contributed by atoms with van der Waals surface area (Å²) in [5, 5.41) is 8.04. The Morgan fingerprint density at radius 2 is 2.04 bits per heavy atom. The number of fused-ring (bicyclic) bond motifs is 1. The van der Waals surface area contributed by atoms with Crippen LogP contribution in [0, 0.1) is 0 Å². The first-order valence-electron chi connectivity index (χ1n) is 9.12. The molecule has 0 saturated heterocycles. The number of para-hydroxylation sites is 1. The summed E-state index contributed by atoms with van der Waals surface area (Å²) in [6, 6.07) is 9.90. The fourth-order valence-corrected chi connectivity index (χ4v) is 4.40. The van der Waals surface area contributed by atoms with Crippen molar-refractivity contribution in [2.24, 2.45) is 0 Å². The first-order chi connectivity index (χ1) is 12.6. The van der Waals surface area contributed by atoms with Crippen molar-refractivity contribution in [1.29, 1.82) is 0 Å². The molecule has 2 amide bonds. The molecular formula is C20H23N3O2S. The predicted molar refractivity (Wildman–Crippen MR) is 104 cm³/mol. The number of nitrogens with one attached hydrogen (secondary N) is 2. The average molecular weight is 369 g/mol. The van der Waals surface area contributed by atoms with Crippen LogP contribution in [0.4, 0.5) is 5.69 Å². The van der Waals surface area contributed by atoms with Crippen molar-refractivity contribution in [3.63, 3.8) is 0 Å². The summed E-state index contributed by atoms with van der Waals surface area (Å²) in [7, 11) is 0. The van der Waals surface area contributed by atoms with Gasteiger partial charge in [-0.3, -0.25) is 14.5 Å². The average Bonchev–Trinajstić information content (AvgIpc) is 3.30. The van der Waals surface area contributed by atoms with Gasteiger partial charge in [0.1, 0.15) is 0 Å². The van der Waals surface area contributed by atoms with Crippen molar-refractivity contribution < 1.29 is 9.59 Å². The first kappa shape index (κ1) is 17.2. The highest BCUT2D eigenvalue weighted by Gasteiger charge is 2.27. The van der Waals surface area contributed by atoms with E-state index in [1.165, 1.54) is 10.4 Å². The minimum Gasteiger partial charge on any atom is -0.349 e. The van der Waals surface area contributed by atoms with E-state index < -0.39 is 0 Å². The van der Waals surface area contributed by atoms with Crippen LogP contribution in [-0.2, 0) is 11.2 Å². The van der Waals surface area contributed by atoms with Crippen molar-refractivity contribution in [3.05, 3.63) is 51.7 Å². The van der Waals surface area contributed by atoms with Gasteiger partial charge in [0.05, 0.1) is 17.8 Å². The Labute approximate surface area is 157 Å². The van der Waals surface area contributed by atoms with Crippen molar-refractivity contribution in [2.45, 2.75) is 38.3 Å². The molecule has 2 heterocycles. The van der Waals surface area contributed by atoms with E-state index in [0.717, 1.165) is 25.8 Å². The van der Waals surface area contributed by atoms with Gasteiger partial charge in [-0.2, -0.15) is 0 Å². The number of rotatable bonds is 5. The van der Waals surface area contributed by atoms with Crippen LogP contribution in [0.25, 0.3) is 0 Å². The molecule has 1 aromatic carbocycles. The molecule has 1 fully saturated rings. The minimum absolute atomic E-state index is 0.0813. The molecule has 5 nitrogen and oxygen atoms in total. The van der Waals surface area contributed by atoms with Crippen molar-refractivity contribution in [3.8, 4) is 0 Å². The van der Waals surface area contributed by atoms with Crippen LogP contribution in [0.3, 0.4) is 0 Å². The maximum absolute atomic E-state index is 12.6. The Balaban J connectivity index is 1.42. The van der Waals surface area contributed by atoms with Gasteiger partial charge in [0.15, 0.2) is 0 Å². The number of nitrogens with zero attached hydrogens (tertiary/aromatic N) is 1. The Morgan fingerprint density at radius 3 is 2.85 bits per heavy atom. The Kier molecular flexibility index (Phi) is 4.78. The molecule has 136 valence electrons. The molecule has 0 bridgehead atoms. The van der Waals surface area contributed by atoms with Crippen LogP contribution in [-0.4, -0.2) is 35.8 Å². The summed E-state index contributed by atoms with van der Waals surface area (Å²) < 4.78 is 0. The number of anilines is 1. The summed E-state index contributed by atoms with van der Waals surface area (Å²) >= 11 is 1.80. The molecule has 4 rings (SSSR count). The normalized spacial score (nSPS) is 19.7. The second-order valence-corrected chi connectivity index (χ2v) is 8.04. The number of carbonyl (C=O) groups excluding carboxylic acids is 2. The van der Waals surface area contributed by atoms with Crippen LogP contribution >= 0.6 is 11.3 Å². The number of amides is 2. The molecule has 1 aliphatic carbocycles. The largest absolute Gasteiger partial charge is 0.349 e. The van der Waals surface area contributed by atoms with Gasteiger partial charge in [-0.1, -0.05) is 12.1 Å². The lowest BCUT2D eigenvalue weighted by Crippen LogP contribution is -2.39. The third kappa shape index (κ3) is 3.66. The number of hydrogen-bond donors (Lipinski definition) is 2. The Morgan fingerprint density at radius 1 is 1.23 bits per heavy atom. The smallest absolute Gasteiger partial charge is 0.253 e. The molecule has 1 atom stereocenters. The number of benzene rings is 1. The fourth-order valence-electron chi connectivity index (χ4n) is 3.43. The van der Waals surface area contributed by atoms with Gasteiger partial charge in [-0.15, -0.1) is 11.3 Å². The highest BCUT2D eigenvalue weighted by Crippen LogP contribution is 2.32. The second kappa shape index (κ2) is 7.21. The zero-order valence-corrected chi connectivity index (χ0v) is 15.6. The third-order valence-electron chi connectivity index (χ3n) is 5.11. The lowest BCUT2D eigenvalue weighted by Gasteiger charge is -2.33. The summed E-state index contributed by atoms with van der Waals surface area (Å²) in [4.78, 5) is 28.6. The zero-order chi connectivity index (χ0) is 18.1. The molecule has 0 unspecified atom stereocenters. The van der Waals surface area contributed by atoms with Gasteiger partial charge in [0.25, 0.3) is 5.91 Å².